The number of carboxylic acid groups (broad SMARTS) is 1. The van der Waals surface area contributed by atoms with Crippen LogP contribution in [0.1, 0.15) is 23.9 Å². The molecule has 0 atom stereocenters. The molecule has 0 saturated carbocycles. The first-order valence-corrected chi connectivity index (χ1v) is 11.6. The number of rotatable bonds is 8. The topological polar surface area (TPSA) is 128 Å². The average molecular weight is 483 g/mol. The van der Waals surface area contributed by atoms with Crippen molar-refractivity contribution in [2.75, 3.05) is 12.3 Å². The molecule has 0 spiro atoms. The third kappa shape index (κ3) is 4.69. The van der Waals surface area contributed by atoms with Crippen molar-refractivity contribution >= 4 is 33.8 Å². The van der Waals surface area contributed by atoms with Crippen molar-refractivity contribution in [2.24, 2.45) is 0 Å². The Morgan fingerprint density at radius 1 is 1.08 bits per heavy atom. The van der Waals surface area contributed by atoms with Crippen molar-refractivity contribution in [2.45, 2.75) is 26.6 Å². The van der Waals surface area contributed by atoms with Crippen LogP contribution in [0.15, 0.2) is 67.0 Å². The summed E-state index contributed by atoms with van der Waals surface area (Å²) in [6.07, 6.45) is 2.52. The summed E-state index contributed by atoms with van der Waals surface area (Å²) in [6, 6.07) is 17.9. The lowest BCUT2D eigenvalue weighted by molar-refractivity contribution is 0.126. The van der Waals surface area contributed by atoms with Crippen molar-refractivity contribution < 1.29 is 14.6 Å². The van der Waals surface area contributed by atoms with Crippen molar-refractivity contribution in [3.63, 3.8) is 0 Å². The molecule has 0 aliphatic carbocycles. The number of amides is 1. The average Bonchev–Trinajstić information content (AvgIpc) is 3.26. The Bertz CT molecular complexity index is 1530. The highest BCUT2D eigenvalue weighted by molar-refractivity contribution is 6.07. The minimum atomic E-state index is -1.05. The number of hydrogen-bond acceptors (Lipinski definition) is 6. The molecule has 4 N–H and O–H groups in total. The number of benzene rings is 2. The monoisotopic (exact) mass is 482 g/mol. The van der Waals surface area contributed by atoms with Crippen LogP contribution in [0.5, 0.6) is 0 Å². The lowest BCUT2D eigenvalue weighted by Crippen LogP contribution is -2.19. The molecule has 3 heterocycles. The van der Waals surface area contributed by atoms with Crippen molar-refractivity contribution in [3.8, 4) is 11.1 Å². The Labute approximate surface area is 207 Å². The maximum absolute atomic E-state index is 10.8. The van der Waals surface area contributed by atoms with Crippen molar-refractivity contribution in [1.82, 2.24) is 24.8 Å². The molecule has 9 heteroatoms. The van der Waals surface area contributed by atoms with Gasteiger partial charge in [0.25, 0.3) is 0 Å². The van der Waals surface area contributed by atoms with Gasteiger partial charge in [-0.2, -0.15) is 0 Å². The molecule has 0 saturated heterocycles. The number of carbonyl (C=O) groups is 1. The molecule has 0 radical (unpaired) electrons. The van der Waals surface area contributed by atoms with Crippen molar-refractivity contribution in [1.29, 1.82) is 0 Å². The van der Waals surface area contributed by atoms with Crippen LogP contribution in [-0.4, -0.2) is 37.3 Å². The SMILES string of the molecule is CCOCc1nc2c(N)nc3cc(-c4cccnc4)ccc3c2n1Cc1ccc(CNC(=O)O)cc1. The number of nitrogens with two attached hydrogens (primary N) is 1. The zero-order valence-electron chi connectivity index (χ0n) is 19.8. The van der Waals surface area contributed by atoms with Crippen LogP contribution in [0, 0.1) is 0 Å². The second-order valence-electron chi connectivity index (χ2n) is 8.39. The van der Waals surface area contributed by atoms with Gasteiger partial charge in [0.1, 0.15) is 17.9 Å². The lowest BCUT2D eigenvalue weighted by atomic mass is 10.0. The summed E-state index contributed by atoms with van der Waals surface area (Å²) in [4.78, 5) is 24.5. The summed E-state index contributed by atoms with van der Waals surface area (Å²) in [5.41, 5.74) is 12.7. The number of nitrogens with one attached hydrogen (secondary N) is 1. The zero-order chi connectivity index (χ0) is 25.1. The molecular weight excluding hydrogens is 456 g/mol. The van der Waals surface area contributed by atoms with E-state index in [1.54, 1.807) is 6.20 Å². The van der Waals surface area contributed by atoms with E-state index in [4.69, 9.17) is 20.6 Å². The molecule has 3 aromatic heterocycles. The Hall–Kier alpha value is -4.50. The van der Waals surface area contributed by atoms with Crippen LogP contribution in [0.2, 0.25) is 0 Å². The van der Waals surface area contributed by atoms with Gasteiger partial charge in [-0.05, 0) is 35.7 Å². The first kappa shape index (κ1) is 23.3. The molecule has 36 heavy (non-hydrogen) atoms. The lowest BCUT2D eigenvalue weighted by Gasteiger charge is -2.12. The molecule has 2 aromatic carbocycles. The van der Waals surface area contributed by atoms with Gasteiger partial charge >= 0.3 is 6.09 Å². The fourth-order valence-electron chi connectivity index (χ4n) is 4.27. The van der Waals surface area contributed by atoms with Gasteiger partial charge in [-0.15, -0.1) is 0 Å². The van der Waals surface area contributed by atoms with E-state index in [0.29, 0.717) is 31.1 Å². The molecular formula is C27H26N6O3. The number of nitrogens with zero attached hydrogens (tertiary/aromatic N) is 4. The van der Waals surface area contributed by atoms with E-state index in [2.05, 4.69) is 32.0 Å². The summed E-state index contributed by atoms with van der Waals surface area (Å²) in [5.74, 6) is 1.13. The number of nitrogen functional groups attached to an aromatic ring is 1. The van der Waals surface area contributed by atoms with Crippen molar-refractivity contribution in [3.05, 3.63) is 83.9 Å². The van der Waals surface area contributed by atoms with E-state index in [1.807, 2.05) is 55.6 Å². The minimum absolute atomic E-state index is 0.255. The number of aromatic nitrogens is 4. The van der Waals surface area contributed by atoms with Crippen LogP contribution >= 0.6 is 0 Å². The zero-order valence-corrected chi connectivity index (χ0v) is 19.8. The van der Waals surface area contributed by atoms with Gasteiger partial charge in [-0.1, -0.05) is 42.5 Å². The van der Waals surface area contributed by atoms with Crippen LogP contribution in [0.25, 0.3) is 33.1 Å². The summed E-state index contributed by atoms with van der Waals surface area (Å²) in [7, 11) is 0. The molecule has 1 amide bonds. The first-order chi connectivity index (χ1) is 17.5. The van der Waals surface area contributed by atoms with Crippen LogP contribution in [-0.2, 0) is 24.4 Å². The number of anilines is 1. The number of fused-ring (bicyclic) bond motifs is 3. The third-order valence-electron chi connectivity index (χ3n) is 6.02. The second kappa shape index (κ2) is 10.0. The van der Waals surface area contributed by atoms with E-state index in [0.717, 1.165) is 44.5 Å². The molecule has 182 valence electrons. The maximum Gasteiger partial charge on any atom is 0.404 e. The molecule has 0 aliphatic heterocycles. The summed E-state index contributed by atoms with van der Waals surface area (Å²) >= 11 is 0. The van der Waals surface area contributed by atoms with Crippen LogP contribution < -0.4 is 11.1 Å². The van der Waals surface area contributed by atoms with Gasteiger partial charge in [-0.25, -0.2) is 14.8 Å². The van der Waals surface area contributed by atoms with E-state index >= 15 is 0 Å². The third-order valence-corrected chi connectivity index (χ3v) is 6.02. The Morgan fingerprint density at radius 2 is 1.89 bits per heavy atom. The summed E-state index contributed by atoms with van der Waals surface area (Å²) < 4.78 is 7.84. The molecule has 5 aromatic rings. The van der Waals surface area contributed by atoms with Gasteiger partial charge in [0.2, 0.25) is 0 Å². The van der Waals surface area contributed by atoms with E-state index in [1.165, 1.54) is 0 Å². The molecule has 0 aliphatic rings. The quantitative estimate of drug-likeness (QED) is 0.295. The number of imidazole rings is 1. The fraction of sp³-hybridized carbons (Fsp3) is 0.185. The van der Waals surface area contributed by atoms with Gasteiger partial charge in [-0.3, -0.25) is 4.98 Å². The standard InChI is InChI=1S/C27H26N6O3/c1-2-36-16-23-32-24-25(33(23)15-18-7-5-17(6-8-18)13-30-27(34)35)21-10-9-19(12-22(21)31-26(24)28)20-4-3-11-29-14-20/h3-12,14,30H,2,13,15-16H2,1H3,(H2,28,31)(H,34,35). The largest absolute Gasteiger partial charge is 0.465 e. The van der Waals surface area contributed by atoms with Gasteiger partial charge in [0.05, 0.1) is 11.0 Å². The number of hydrogen-bond donors (Lipinski definition) is 3. The van der Waals surface area contributed by atoms with E-state index in [9.17, 15) is 4.79 Å². The summed E-state index contributed by atoms with van der Waals surface area (Å²) in [5, 5.41) is 12.2. The second-order valence-corrected chi connectivity index (χ2v) is 8.39. The normalized spacial score (nSPS) is 11.2. The smallest absolute Gasteiger partial charge is 0.404 e. The summed E-state index contributed by atoms with van der Waals surface area (Å²) in [6.45, 7) is 3.67. The van der Waals surface area contributed by atoms with Gasteiger partial charge in [0.15, 0.2) is 5.82 Å². The first-order valence-electron chi connectivity index (χ1n) is 11.6. The predicted molar refractivity (Wildman–Crippen MR) is 138 cm³/mol. The maximum atomic E-state index is 10.8. The highest BCUT2D eigenvalue weighted by atomic mass is 16.5. The molecule has 0 fully saturated rings. The highest BCUT2D eigenvalue weighted by Gasteiger charge is 2.18. The Kier molecular flexibility index (Phi) is 6.46. The molecule has 0 unspecified atom stereocenters. The van der Waals surface area contributed by atoms with Gasteiger partial charge in [0, 0.05) is 43.0 Å². The highest BCUT2D eigenvalue weighted by Crippen LogP contribution is 2.32. The number of pyridine rings is 2. The minimum Gasteiger partial charge on any atom is -0.465 e. The Morgan fingerprint density at radius 3 is 2.61 bits per heavy atom. The molecule has 0 bridgehead atoms. The van der Waals surface area contributed by atoms with Gasteiger partial charge < -0.3 is 25.5 Å². The van der Waals surface area contributed by atoms with E-state index in [-0.39, 0.29) is 6.54 Å². The number of ether oxygens (including phenoxy) is 1. The Balaban J connectivity index is 1.60. The molecule has 5 rings (SSSR count). The van der Waals surface area contributed by atoms with E-state index < -0.39 is 6.09 Å². The fourth-order valence-corrected chi connectivity index (χ4v) is 4.27. The van der Waals surface area contributed by atoms with Crippen LogP contribution in [0.3, 0.4) is 0 Å². The predicted octanol–water partition coefficient (Wildman–Crippen LogP) is 4.58. The van der Waals surface area contributed by atoms with Crippen LogP contribution in [0.4, 0.5) is 10.6 Å². The molecule has 9 nitrogen and oxygen atoms in total.